The number of ether oxygens (including phenoxy) is 1. The highest BCUT2D eigenvalue weighted by Crippen LogP contribution is 2.40. The van der Waals surface area contributed by atoms with E-state index in [0.29, 0.717) is 12.0 Å². The zero-order valence-electron chi connectivity index (χ0n) is 14.3. The van der Waals surface area contributed by atoms with Crippen LogP contribution in [-0.4, -0.2) is 18.2 Å². The van der Waals surface area contributed by atoms with Crippen molar-refractivity contribution in [2.45, 2.75) is 77.9 Å². The molecule has 1 aliphatic carbocycles. The number of benzene rings is 1. The third-order valence-electron chi connectivity index (χ3n) is 4.60. The first kappa shape index (κ1) is 16.4. The van der Waals surface area contributed by atoms with Gasteiger partial charge in [-0.1, -0.05) is 39.8 Å². The fraction of sp³-hybridized carbons (Fsp3) is 0.684. The second-order valence-electron chi connectivity index (χ2n) is 7.18. The lowest BCUT2D eigenvalue weighted by Gasteiger charge is -2.42. The number of hydrogen-bond acceptors (Lipinski definition) is 2. The van der Waals surface area contributed by atoms with Gasteiger partial charge in [0.05, 0.1) is 0 Å². The maximum atomic E-state index is 6.50. The van der Waals surface area contributed by atoms with E-state index in [2.05, 4.69) is 58.1 Å². The van der Waals surface area contributed by atoms with Crippen LogP contribution in [0.1, 0.15) is 70.4 Å². The molecular weight excluding hydrogens is 258 g/mol. The zero-order chi connectivity index (χ0) is 15.5. The molecule has 0 bridgehead atoms. The van der Waals surface area contributed by atoms with Crippen LogP contribution in [0.2, 0.25) is 0 Å². The van der Waals surface area contributed by atoms with Gasteiger partial charge in [0.1, 0.15) is 11.4 Å². The second kappa shape index (κ2) is 6.83. The highest BCUT2D eigenvalue weighted by atomic mass is 16.5. The third-order valence-corrected chi connectivity index (χ3v) is 4.60. The molecule has 0 heterocycles. The molecule has 2 heteroatoms. The first-order valence-electron chi connectivity index (χ1n) is 8.45. The first-order valence-corrected chi connectivity index (χ1v) is 8.45. The molecule has 21 heavy (non-hydrogen) atoms. The lowest BCUT2D eigenvalue weighted by atomic mass is 9.77. The van der Waals surface area contributed by atoms with Crippen molar-refractivity contribution in [2.24, 2.45) is 0 Å². The fourth-order valence-corrected chi connectivity index (χ4v) is 2.88. The number of rotatable bonds is 7. The maximum absolute atomic E-state index is 6.50. The molecule has 0 unspecified atom stereocenters. The van der Waals surface area contributed by atoms with Gasteiger partial charge in [0.2, 0.25) is 0 Å². The quantitative estimate of drug-likeness (QED) is 0.778. The van der Waals surface area contributed by atoms with E-state index in [9.17, 15) is 0 Å². The first-order chi connectivity index (χ1) is 9.92. The van der Waals surface area contributed by atoms with E-state index in [1.807, 2.05) is 0 Å². The molecule has 0 amide bonds. The van der Waals surface area contributed by atoms with Crippen molar-refractivity contribution in [1.29, 1.82) is 0 Å². The molecular formula is C19H31NO. The molecule has 1 N–H and O–H groups in total. The average molecular weight is 289 g/mol. The highest BCUT2D eigenvalue weighted by molar-refractivity contribution is 5.38. The van der Waals surface area contributed by atoms with Crippen LogP contribution in [0.15, 0.2) is 18.2 Å². The highest BCUT2D eigenvalue weighted by Gasteiger charge is 2.39. The maximum Gasteiger partial charge on any atom is 0.123 e. The summed E-state index contributed by atoms with van der Waals surface area (Å²) >= 11 is 0. The standard InChI is InChI=1S/C19H31NO/c1-14(2)17-8-7-16(5)18(13-17)21-19(9-6-10-19)11-12-20-15(3)4/h7-8,13-15,20H,6,9-12H2,1-5H3. The van der Waals surface area contributed by atoms with E-state index in [4.69, 9.17) is 4.74 Å². The molecule has 0 aromatic heterocycles. The SMILES string of the molecule is Cc1ccc(C(C)C)cc1OC1(CCNC(C)C)CCC1. The van der Waals surface area contributed by atoms with Crippen molar-refractivity contribution in [3.8, 4) is 5.75 Å². The van der Waals surface area contributed by atoms with E-state index in [0.717, 1.165) is 18.7 Å². The van der Waals surface area contributed by atoms with Crippen molar-refractivity contribution in [3.05, 3.63) is 29.3 Å². The van der Waals surface area contributed by atoms with Gasteiger partial charge in [-0.3, -0.25) is 0 Å². The number of nitrogens with one attached hydrogen (secondary N) is 1. The Bertz CT molecular complexity index is 461. The molecule has 118 valence electrons. The topological polar surface area (TPSA) is 21.3 Å². The summed E-state index contributed by atoms with van der Waals surface area (Å²) in [5, 5.41) is 3.52. The average Bonchev–Trinajstić information content (AvgIpc) is 2.37. The minimum atomic E-state index is 0.0717. The van der Waals surface area contributed by atoms with Gasteiger partial charge in [-0.2, -0.15) is 0 Å². The molecule has 1 aromatic carbocycles. The van der Waals surface area contributed by atoms with E-state index >= 15 is 0 Å². The summed E-state index contributed by atoms with van der Waals surface area (Å²) in [6.07, 6.45) is 4.79. The molecule has 1 fully saturated rings. The van der Waals surface area contributed by atoms with Crippen LogP contribution >= 0.6 is 0 Å². The summed E-state index contributed by atoms with van der Waals surface area (Å²) in [5.41, 5.74) is 2.69. The summed E-state index contributed by atoms with van der Waals surface area (Å²) in [6.45, 7) is 12.1. The van der Waals surface area contributed by atoms with Crippen molar-refractivity contribution < 1.29 is 4.74 Å². The van der Waals surface area contributed by atoms with Crippen LogP contribution < -0.4 is 10.1 Å². The molecule has 0 atom stereocenters. The van der Waals surface area contributed by atoms with Crippen LogP contribution in [0, 0.1) is 6.92 Å². The van der Waals surface area contributed by atoms with Crippen molar-refractivity contribution in [2.75, 3.05) is 6.54 Å². The smallest absolute Gasteiger partial charge is 0.123 e. The number of aryl methyl sites for hydroxylation is 1. The Morgan fingerprint density at radius 1 is 1.19 bits per heavy atom. The second-order valence-corrected chi connectivity index (χ2v) is 7.18. The molecule has 1 saturated carbocycles. The largest absolute Gasteiger partial charge is 0.487 e. The molecule has 2 nitrogen and oxygen atoms in total. The lowest BCUT2D eigenvalue weighted by molar-refractivity contribution is -0.0151. The van der Waals surface area contributed by atoms with Crippen LogP contribution in [0.25, 0.3) is 0 Å². The molecule has 0 aliphatic heterocycles. The van der Waals surface area contributed by atoms with Crippen LogP contribution in [0.5, 0.6) is 5.75 Å². The van der Waals surface area contributed by atoms with Gasteiger partial charge < -0.3 is 10.1 Å². The molecule has 0 spiro atoms. The van der Waals surface area contributed by atoms with E-state index < -0.39 is 0 Å². The van der Waals surface area contributed by atoms with Crippen LogP contribution in [-0.2, 0) is 0 Å². The van der Waals surface area contributed by atoms with Gasteiger partial charge >= 0.3 is 0 Å². The monoisotopic (exact) mass is 289 g/mol. The third kappa shape index (κ3) is 4.23. The molecule has 2 rings (SSSR count). The predicted molar refractivity (Wildman–Crippen MR) is 90.2 cm³/mol. The fourth-order valence-electron chi connectivity index (χ4n) is 2.88. The Morgan fingerprint density at radius 2 is 1.90 bits per heavy atom. The summed E-state index contributed by atoms with van der Waals surface area (Å²) in [7, 11) is 0. The Hall–Kier alpha value is -1.02. The molecule has 0 radical (unpaired) electrons. The zero-order valence-corrected chi connectivity index (χ0v) is 14.3. The molecule has 0 saturated heterocycles. The Balaban J connectivity index is 2.05. The van der Waals surface area contributed by atoms with E-state index in [1.54, 1.807) is 0 Å². The Labute approximate surface area is 130 Å². The van der Waals surface area contributed by atoms with Crippen molar-refractivity contribution in [1.82, 2.24) is 5.32 Å². The van der Waals surface area contributed by atoms with Crippen LogP contribution in [0.4, 0.5) is 0 Å². The van der Waals surface area contributed by atoms with Gasteiger partial charge in [0.15, 0.2) is 0 Å². The van der Waals surface area contributed by atoms with Gasteiger partial charge in [0, 0.05) is 6.04 Å². The van der Waals surface area contributed by atoms with Crippen molar-refractivity contribution in [3.63, 3.8) is 0 Å². The normalized spacial score (nSPS) is 17.1. The van der Waals surface area contributed by atoms with Gasteiger partial charge in [-0.05, 0) is 62.3 Å². The van der Waals surface area contributed by atoms with Crippen molar-refractivity contribution >= 4 is 0 Å². The lowest BCUT2D eigenvalue weighted by Crippen LogP contribution is -2.46. The Morgan fingerprint density at radius 3 is 2.43 bits per heavy atom. The van der Waals surface area contributed by atoms with Gasteiger partial charge in [0.25, 0.3) is 0 Å². The summed E-state index contributed by atoms with van der Waals surface area (Å²) < 4.78 is 6.50. The molecule has 1 aliphatic rings. The van der Waals surface area contributed by atoms with Gasteiger partial charge in [-0.15, -0.1) is 0 Å². The summed E-state index contributed by atoms with van der Waals surface area (Å²) in [4.78, 5) is 0. The summed E-state index contributed by atoms with van der Waals surface area (Å²) in [5.74, 6) is 1.64. The molecule has 1 aromatic rings. The van der Waals surface area contributed by atoms with Gasteiger partial charge in [-0.25, -0.2) is 0 Å². The van der Waals surface area contributed by atoms with E-state index in [1.165, 1.54) is 30.4 Å². The van der Waals surface area contributed by atoms with Crippen LogP contribution in [0.3, 0.4) is 0 Å². The Kier molecular flexibility index (Phi) is 5.32. The predicted octanol–water partition coefficient (Wildman–Crippen LogP) is 4.81. The minimum Gasteiger partial charge on any atom is -0.487 e. The minimum absolute atomic E-state index is 0.0717. The summed E-state index contributed by atoms with van der Waals surface area (Å²) in [6, 6.07) is 7.22. The van der Waals surface area contributed by atoms with E-state index in [-0.39, 0.29) is 5.60 Å². The number of hydrogen-bond donors (Lipinski definition) is 1.